The van der Waals surface area contributed by atoms with E-state index in [2.05, 4.69) is 55.2 Å². The Morgan fingerprint density at radius 1 is 0.456 bits per heavy atom. The molecule has 17 N–H and O–H groups in total. The molecule has 0 heterocycles. The van der Waals surface area contributed by atoms with Crippen molar-refractivity contribution in [3.05, 3.63) is 0 Å². The number of rotatable bonds is 24. The third-order valence-corrected chi connectivity index (χ3v) is 8.18. The highest BCUT2D eigenvalue weighted by molar-refractivity contribution is 7.80. The van der Waals surface area contributed by atoms with E-state index in [9.17, 15) is 73.8 Å². The van der Waals surface area contributed by atoms with Crippen LogP contribution in [0.15, 0.2) is 0 Å². The summed E-state index contributed by atoms with van der Waals surface area (Å²) in [7, 11) is 0. The van der Waals surface area contributed by atoms with Crippen molar-refractivity contribution < 1.29 is 78.9 Å². The largest absolute Gasteiger partial charge is 0.480 e. The number of carboxylic acid groups (broad SMARTS) is 1. The minimum atomic E-state index is -1.90. The predicted octanol–water partition coefficient (Wildman–Crippen LogP) is -9.25. The SMILES string of the molecule is C[C@@H](O)[C@H](N)C(=O)N[C@H](C(=O)NCC(=O)N[C@H](C(=O)N[C@H](C(=O)N[C@H](C(=O)NCC(=O)N[C@H](C(=O)N[C@@H](CS)C(=O)O)[C@@H](C)O)[C@@H](C)O)[C@@H](C)O)[C@@H](C)O)[C@@H](C)O. The molecule has 0 bridgehead atoms. The molecular formula is C31H55N9O16S. The molecule has 26 heteroatoms. The molecule has 0 fully saturated rings. The number of hydrogen-bond donors (Lipinski definition) is 17. The third kappa shape index (κ3) is 18.0. The van der Waals surface area contributed by atoms with Crippen molar-refractivity contribution >= 4 is 65.9 Å². The quantitative estimate of drug-likeness (QED) is 0.0401. The number of carbonyl (C=O) groups excluding carboxylic acids is 8. The molecule has 0 radical (unpaired) electrons. The van der Waals surface area contributed by atoms with Crippen molar-refractivity contribution in [3.63, 3.8) is 0 Å². The maximum Gasteiger partial charge on any atom is 0.327 e. The summed E-state index contributed by atoms with van der Waals surface area (Å²) in [5.74, 6) is -10.7. The van der Waals surface area contributed by atoms with Crippen molar-refractivity contribution in [2.45, 2.75) is 120 Å². The van der Waals surface area contributed by atoms with Gasteiger partial charge in [0.25, 0.3) is 0 Å². The Kier molecular flexibility index (Phi) is 22.8. The minimum Gasteiger partial charge on any atom is -0.480 e. The van der Waals surface area contributed by atoms with Crippen LogP contribution in [0.2, 0.25) is 0 Å². The molecule has 57 heavy (non-hydrogen) atoms. The zero-order valence-corrected chi connectivity index (χ0v) is 32.9. The van der Waals surface area contributed by atoms with E-state index in [1.807, 2.05) is 0 Å². The lowest BCUT2D eigenvalue weighted by Gasteiger charge is -2.28. The molecule has 0 aliphatic carbocycles. The molecule has 0 aliphatic heterocycles. The summed E-state index contributed by atoms with van der Waals surface area (Å²) in [6.45, 7) is 4.90. The van der Waals surface area contributed by atoms with Crippen LogP contribution >= 0.6 is 12.6 Å². The molecule has 0 aromatic rings. The fourth-order valence-electron chi connectivity index (χ4n) is 4.43. The Balaban J connectivity index is 5.61. The van der Waals surface area contributed by atoms with Crippen LogP contribution in [-0.4, -0.2) is 187 Å². The Morgan fingerprint density at radius 3 is 1.02 bits per heavy atom. The van der Waals surface area contributed by atoms with Crippen LogP contribution in [0.25, 0.3) is 0 Å². The lowest BCUT2D eigenvalue weighted by molar-refractivity contribution is -0.142. The number of carboxylic acids is 1. The minimum absolute atomic E-state index is 0.316. The highest BCUT2D eigenvalue weighted by Gasteiger charge is 2.36. The van der Waals surface area contributed by atoms with Gasteiger partial charge in [0.15, 0.2) is 0 Å². The van der Waals surface area contributed by atoms with Crippen molar-refractivity contribution in [3.8, 4) is 0 Å². The van der Waals surface area contributed by atoms with Gasteiger partial charge < -0.3 is 84.0 Å². The van der Waals surface area contributed by atoms with Crippen molar-refractivity contribution in [1.29, 1.82) is 0 Å². The number of nitrogens with one attached hydrogen (secondary N) is 8. The van der Waals surface area contributed by atoms with Gasteiger partial charge in [0, 0.05) is 5.75 Å². The summed E-state index contributed by atoms with van der Waals surface area (Å²) in [5, 5.41) is 86.0. The van der Waals surface area contributed by atoms with Gasteiger partial charge in [-0.25, -0.2) is 4.79 Å². The van der Waals surface area contributed by atoms with Gasteiger partial charge in [-0.3, -0.25) is 38.4 Å². The van der Waals surface area contributed by atoms with Crippen LogP contribution in [0, 0.1) is 0 Å². The second-order valence-corrected chi connectivity index (χ2v) is 13.4. The molecule has 0 rings (SSSR count). The van der Waals surface area contributed by atoms with Gasteiger partial charge in [0.05, 0.1) is 49.7 Å². The highest BCUT2D eigenvalue weighted by atomic mass is 32.1. The average Bonchev–Trinajstić information content (AvgIpc) is 3.11. The summed E-state index contributed by atoms with van der Waals surface area (Å²) in [5.41, 5.74) is 5.52. The van der Waals surface area contributed by atoms with E-state index in [4.69, 9.17) is 10.8 Å². The molecule has 8 amide bonds. The Labute approximate surface area is 332 Å². The van der Waals surface area contributed by atoms with E-state index >= 15 is 0 Å². The van der Waals surface area contributed by atoms with Crippen LogP contribution in [0.1, 0.15) is 41.5 Å². The molecule has 0 spiro atoms. The molecule has 0 saturated carbocycles. The number of carbonyl (C=O) groups is 9. The maximum atomic E-state index is 13.2. The lowest BCUT2D eigenvalue weighted by Crippen LogP contribution is -2.63. The molecular weight excluding hydrogens is 786 g/mol. The molecule has 0 aromatic heterocycles. The first-order valence-corrected chi connectivity index (χ1v) is 17.9. The Bertz CT molecular complexity index is 1430. The van der Waals surface area contributed by atoms with E-state index in [0.717, 1.165) is 34.6 Å². The highest BCUT2D eigenvalue weighted by Crippen LogP contribution is 2.03. The van der Waals surface area contributed by atoms with E-state index in [1.54, 1.807) is 0 Å². The standard InChI is InChI=1S/C31H55N9O16S/c1-10(41)19(32)25(49)38-20(11(2)42)26(50)33-8-18(48)37-23(14(5)45)29(53)40-24(15(6)46)30(54)39-21(12(3)43)27(51)34-7-17(47)36-22(13(4)44)28(52)35-16(9-57)31(55)56/h10-16,19-24,41-46,57H,7-9,32H2,1-6H3,(H,33,50)(H,34,51)(H,35,52)(H,36,47)(H,37,48)(H,38,49)(H,39,54)(H,40,53)(H,55,56)/t10-,11-,12-,13-,14-,15-,16+,19+,20+,21+,22+,23+,24+/m1/s1. The smallest absolute Gasteiger partial charge is 0.327 e. The van der Waals surface area contributed by atoms with Crippen LogP contribution in [0.3, 0.4) is 0 Å². The fraction of sp³-hybridized carbons (Fsp3) is 0.710. The van der Waals surface area contributed by atoms with Crippen LogP contribution < -0.4 is 48.3 Å². The van der Waals surface area contributed by atoms with Gasteiger partial charge in [-0.2, -0.15) is 12.6 Å². The van der Waals surface area contributed by atoms with Crippen LogP contribution in [-0.2, 0) is 43.2 Å². The molecule has 0 unspecified atom stereocenters. The van der Waals surface area contributed by atoms with Crippen LogP contribution in [0.5, 0.6) is 0 Å². The first-order valence-electron chi connectivity index (χ1n) is 17.3. The normalized spacial score (nSPS) is 18.0. The monoisotopic (exact) mass is 841 g/mol. The van der Waals surface area contributed by atoms with Crippen molar-refractivity contribution in [1.82, 2.24) is 42.5 Å². The molecule has 0 aliphatic rings. The summed E-state index contributed by atoms with van der Waals surface area (Å²) < 4.78 is 0. The molecule has 0 saturated heterocycles. The van der Waals surface area contributed by atoms with Crippen molar-refractivity contribution in [2.75, 3.05) is 18.8 Å². The summed E-state index contributed by atoms with van der Waals surface area (Å²) >= 11 is 3.80. The summed E-state index contributed by atoms with van der Waals surface area (Å²) in [6, 6.07) is -11.8. The Hall–Kier alpha value is -4.70. The molecule has 13 atom stereocenters. The zero-order valence-electron chi connectivity index (χ0n) is 32.0. The summed E-state index contributed by atoms with van der Waals surface area (Å²) in [6.07, 6.45) is -9.35. The number of thiol groups is 1. The average molecular weight is 842 g/mol. The first-order chi connectivity index (χ1) is 26.3. The van der Waals surface area contributed by atoms with Gasteiger partial charge in [-0.05, 0) is 41.5 Å². The number of amides is 8. The zero-order chi connectivity index (χ0) is 44.5. The number of aliphatic hydroxyl groups excluding tert-OH is 6. The van der Waals surface area contributed by atoms with Gasteiger partial charge in [-0.15, -0.1) is 0 Å². The second-order valence-electron chi connectivity index (χ2n) is 13.0. The van der Waals surface area contributed by atoms with E-state index in [-0.39, 0.29) is 5.75 Å². The first kappa shape index (κ1) is 52.3. The van der Waals surface area contributed by atoms with Gasteiger partial charge >= 0.3 is 5.97 Å². The maximum absolute atomic E-state index is 13.2. The van der Waals surface area contributed by atoms with E-state index in [1.165, 1.54) is 6.92 Å². The Morgan fingerprint density at radius 2 is 0.737 bits per heavy atom. The topological polar surface area (TPSA) is 418 Å². The lowest BCUT2D eigenvalue weighted by atomic mass is 10.1. The molecule has 0 aromatic carbocycles. The van der Waals surface area contributed by atoms with Gasteiger partial charge in [0.2, 0.25) is 47.3 Å². The number of aliphatic carboxylic acids is 1. The summed E-state index contributed by atoms with van der Waals surface area (Å²) in [4.78, 5) is 113. The number of aliphatic hydroxyl groups is 6. The van der Waals surface area contributed by atoms with E-state index in [0.29, 0.717) is 0 Å². The molecule has 25 nitrogen and oxygen atoms in total. The van der Waals surface area contributed by atoms with Gasteiger partial charge in [0.1, 0.15) is 42.3 Å². The second kappa shape index (κ2) is 24.8. The fourth-order valence-corrected chi connectivity index (χ4v) is 4.68. The third-order valence-electron chi connectivity index (χ3n) is 7.82. The van der Waals surface area contributed by atoms with Gasteiger partial charge in [-0.1, -0.05) is 0 Å². The van der Waals surface area contributed by atoms with E-state index < -0.39 is 145 Å². The number of nitrogens with two attached hydrogens (primary N) is 1. The molecule has 326 valence electrons. The predicted molar refractivity (Wildman–Crippen MR) is 197 cm³/mol. The number of hydrogen-bond acceptors (Lipinski definition) is 17. The van der Waals surface area contributed by atoms with Crippen molar-refractivity contribution in [2.24, 2.45) is 5.73 Å². The van der Waals surface area contributed by atoms with Crippen LogP contribution in [0.4, 0.5) is 0 Å².